The normalized spacial score (nSPS) is 13.9. The van der Waals surface area contributed by atoms with Gasteiger partial charge in [0.2, 0.25) is 0 Å². The molecule has 1 heterocycles. The van der Waals surface area contributed by atoms with Gasteiger partial charge in [-0.05, 0) is 80.0 Å². The Morgan fingerprint density at radius 2 is 1.60 bits per heavy atom. The molecule has 0 aromatic heterocycles. The highest BCUT2D eigenvalue weighted by molar-refractivity contribution is 7.92. The van der Waals surface area contributed by atoms with Crippen molar-refractivity contribution in [3.8, 4) is 11.5 Å². The summed E-state index contributed by atoms with van der Waals surface area (Å²) in [7, 11) is -0.898. The molecule has 184 valence electrons. The van der Waals surface area contributed by atoms with E-state index in [2.05, 4.69) is 14.9 Å². The van der Waals surface area contributed by atoms with Crippen LogP contribution in [-0.2, 0) is 16.6 Å². The lowest BCUT2D eigenvalue weighted by molar-refractivity contribution is 0.102. The molecule has 0 radical (unpaired) electrons. The summed E-state index contributed by atoms with van der Waals surface area (Å²) in [6.45, 7) is 3.14. The fraction of sp³-hybridized carbons (Fsp3) is 0.269. The lowest BCUT2D eigenvalue weighted by Crippen LogP contribution is -2.18. The number of hydrogen-bond acceptors (Lipinski definition) is 6. The minimum Gasteiger partial charge on any atom is -0.497 e. The molecule has 0 atom stereocenters. The van der Waals surface area contributed by atoms with Crippen LogP contribution in [0, 0.1) is 0 Å². The summed E-state index contributed by atoms with van der Waals surface area (Å²) in [4.78, 5) is 15.1. The molecule has 2 N–H and O–H groups in total. The van der Waals surface area contributed by atoms with Crippen molar-refractivity contribution in [1.29, 1.82) is 0 Å². The van der Waals surface area contributed by atoms with Gasteiger partial charge in [-0.1, -0.05) is 12.1 Å². The first-order chi connectivity index (χ1) is 16.9. The van der Waals surface area contributed by atoms with Crippen LogP contribution in [0.1, 0.15) is 28.8 Å². The molecule has 0 unspecified atom stereocenters. The zero-order valence-corrected chi connectivity index (χ0v) is 20.6. The van der Waals surface area contributed by atoms with Crippen LogP contribution in [-0.4, -0.2) is 46.5 Å². The van der Waals surface area contributed by atoms with Crippen LogP contribution in [0.3, 0.4) is 0 Å². The predicted octanol–water partition coefficient (Wildman–Crippen LogP) is 4.35. The maximum Gasteiger partial charge on any atom is 0.262 e. The number of nitrogens with one attached hydrogen (secondary N) is 2. The molecular formula is C26H29N3O5S. The maximum absolute atomic E-state index is 12.8. The van der Waals surface area contributed by atoms with Gasteiger partial charge in [0.25, 0.3) is 15.9 Å². The summed E-state index contributed by atoms with van der Waals surface area (Å²) in [5.41, 5.74) is 2.51. The average Bonchev–Trinajstić information content (AvgIpc) is 3.38. The van der Waals surface area contributed by atoms with Crippen LogP contribution in [0.4, 0.5) is 11.4 Å². The number of amides is 1. The van der Waals surface area contributed by atoms with Gasteiger partial charge >= 0.3 is 0 Å². The van der Waals surface area contributed by atoms with Crippen LogP contribution in [0.25, 0.3) is 0 Å². The van der Waals surface area contributed by atoms with E-state index in [0.717, 1.165) is 19.6 Å². The number of likely N-dealkylation sites (tertiary alicyclic amines) is 1. The molecule has 0 aliphatic carbocycles. The van der Waals surface area contributed by atoms with Gasteiger partial charge in [-0.25, -0.2) is 8.42 Å². The van der Waals surface area contributed by atoms with Crippen molar-refractivity contribution in [1.82, 2.24) is 4.90 Å². The van der Waals surface area contributed by atoms with Gasteiger partial charge in [0.15, 0.2) is 0 Å². The van der Waals surface area contributed by atoms with E-state index < -0.39 is 10.0 Å². The first-order valence-corrected chi connectivity index (χ1v) is 12.8. The van der Waals surface area contributed by atoms with E-state index in [9.17, 15) is 13.2 Å². The Kier molecular flexibility index (Phi) is 7.57. The van der Waals surface area contributed by atoms with E-state index in [1.165, 1.54) is 44.8 Å². The van der Waals surface area contributed by atoms with Gasteiger partial charge < -0.3 is 14.8 Å². The monoisotopic (exact) mass is 495 g/mol. The van der Waals surface area contributed by atoms with E-state index in [-0.39, 0.29) is 10.8 Å². The Morgan fingerprint density at radius 3 is 2.23 bits per heavy atom. The average molecular weight is 496 g/mol. The topological polar surface area (TPSA) is 97.0 Å². The molecule has 1 fully saturated rings. The predicted molar refractivity (Wildman–Crippen MR) is 136 cm³/mol. The highest BCUT2D eigenvalue weighted by atomic mass is 32.2. The molecule has 1 amide bonds. The first-order valence-electron chi connectivity index (χ1n) is 11.4. The summed E-state index contributed by atoms with van der Waals surface area (Å²) >= 11 is 0. The molecule has 4 rings (SSSR count). The molecule has 3 aromatic carbocycles. The molecule has 0 saturated carbocycles. The number of nitrogens with zero attached hydrogens (tertiary/aromatic N) is 1. The third-order valence-corrected chi connectivity index (χ3v) is 7.28. The van der Waals surface area contributed by atoms with E-state index in [0.29, 0.717) is 28.4 Å². The van der Waals surface area contributed by atoms with Crippen molar-refractivity contribution in [2.45, 2.75) is 24.3 Å². The summed E-state index contributed by atoms with van der Waals surface area (Å²) in [6, 6.07) is 18.4. The van der Waals surface area contributed by atoms with Gasteiger partial charge in [0.1, 0.15) is 11.5 Å². The van der Waals surface area contributed by atoms with Gasteiger partial charge in [-0.3, -0.25) is 14.4 Å². The molecule has 35 heavy (non-hydrogen) atoms. The third-order valence-electron chi connectivity index (χ3n) is 5.90. The number of rotatable bonds is 9. The van der Waals surface area contributed by atoms with Gasteiger partial charge in [0.05, 0.1) is 24.8 Å². The number of sulfonamides is 1. The highest BCUT2D eigenvalue weighted by Crippen LogP contribution is 2.31. The minimum atomic E-state index is -3.87. The second-order valence-electron chi connectivity index (χ2n) is 8.33. The van der Waals surface area contributed by atoms with Crippen molar-refractivity contribution in [3.05, 3.63) is 77.9 Å². The Labute approximate surface area is 205 Å². The molecule has 1 saturated heterocycles. The summed E-state index contributed by atoms with van der Waals surface area (Å²) < 4.78 is 38.6. The van der Waals surface area contributed by atoms with Crippen LogP contribution in [0.2, 0.25) is 0 Å². The zero-order chi connectivity index (χ0) is 24.8. The van der Waals surface area contributed by atoms with Crippen molar-refractivity contribution in [2.75, 3.05) is 37.3 Å². The largest absolute Gasteiger partial charge is 0.497 e. The van der Waals surface area contributed by atoms with Crippen LogP contribution < -0.4 is 19.5 Å². The highest BCUT2D eigenvalue weighted by Gasteiger charge is 2.18. The quantitative estimate of drug-likeness (QED) is 0.458. The number of methoxy groups -OCH3 is 2. The number of ether oxygens (including phenoxy) is 2. The van der Waals surface area contributed by atoms with Gasteiger partial charge in [0, 0.05) is 23.9 Å². The number of carbonyl (C=O) groups is 1. The van der Waals surface area contributed by atoms with E-state index >= 15 is 0 Å². The summed E-state index contributed by atoms with van der Waals surface area (Å²) in [5.74, 6) is 0.629. The zero-order valence-electron chi connectivity index (χ0n) is 19.8. The Bertz CT molecular complexity index is 1270. The lowest BCUT2D eigenvalue weighted by atomic mass is 10.1. The van der Waals surface area contributed by atoms with Crippen molar-refractivity contribution < 1.29 is 22.7 Å². The molecule has 1 aliphatic rings. The number of hydrogen-bond donors (Lipinski definition) is 2. The molecule has 9 heteroatoms. The van der Waals surface area contributed by atoms with Crippen LogP contribution in [0.15, 0.2) is 71.6 Å². The fourth-order valence-corrected chi connectivity index (χ4v) is 5.04. The molecule has 8 nitrogen and oxygen atoms in total. The van der Waals surface area contributed by atoms with Crippen molar-refractivity contribution in [2.24, 2.45) is 0 Å². The maximum atomic E-state index is 12.8. The van der Waals surface area contributed by atoms with Crippen LogP contribution in [0.5, 0.6) is 11.5 Å². The molecule has 0 bridgehead atoms. The fourth-order valence-electron chi connectivity index (χ4n) is 3.97. The summed E-state index contributed by atoms with van der Waals surface area (Å²) in [5, 5.41) is 2.81. The molecular weight excluding hydrogens is 466 g/mol. The Hall–Kier alpha value is -3.56. The Balaban J connectivity index is 1.39. The standard InChI is InChI=1S/C26H29N3O5S/c1-33-22-11-14-24(25(17-22)34-2)28-35(31,32)23-12-9-21(10-13-23)27-26(30)20-7-5-19(6-8-20)18-29-15-3-4-16-29/h5-14,17,28H,3-4,15-16,18H2,1-2H3,(H,27,30). The number of benzene rings is 3. The van der Waals surface area contributed by atoms with Gasteiger partial charge in [-0.15, -0.1) is 0 Å². The Morgan fingerprint density at radius 1 is 0.914 bits per heavy atom. The van der Waals surface area contributed by atoms with E-state index in [4.69, 9.17) is 9.47 Å². The van der Waals surface area contributed by atoms with Crippen LogP contribution >= 0.6 is 0 Å². The summed E-state index contributed by atoms with van der Waals surface area (Å²) in [6.07, 6.45) is 2.48. The lowest BCUT2D eigenvalue weighted by Gasteiger charge is -2.14. The number of anilines is 2. The van der Waals surface area contributed by atoms with E-state index in [1.807, 2.05) is 24.3 Å². The van der Waals surface area contributed by atoms with Crippen molar-refractivity contribution in [3.63, 3.8) is 0 Å². The smallest absolute Gasteiger partial charge is 0.262 e. The molecule has 0 spiro atoms. The van der Waals surface area contributed by atoms with Gasteiger partial charge in [-0.2, -0.15) is 0 Å². The second-order valence-corrected chi connectivity index (χ2v) is 10.0. The SMILES string of the molecule is COc1ccc(NS(=O)(=O)c2ccc(NC(=O)c3ccc(CN4CCCC4)cc3)cc2)c(OC)c1. The molecule has 1 aliphatic heterocycles. The second kappa shape index (κ2) is 10.8. The number of carbonyl (C=O) groups excluding carboxylic acids is 1. The molecule has 3 aromatic rings. The minimum absolute atomic E-state index is 0.0552. The first kappa shape index (κ1) is 24.6. The van der Waals surface area contributed by atoms with E-state index in [1.54, 1.807) is 30.3 Å². The third kappa shape index (κ3) is 6.12. The van der Waals surface area contributed by atoms with Crippen molar-refractivity contribution >= 4 is 27.3 Å².